The molecule has 24 heavy (non-hydrogen) atoms. The minimum Gasteiger partial charge on any atom is -0.497 e. The molecule has 1 amide bonds. The van der Waals surface area contributed by atoms with Crippen LogP contribution in [0.15, 0.2) is 42.5 Å². The van der Waals surface area contributed by atoms with E-state index < -0.39 is 0 Å². The lowest BCUT2D eigenvalue weighted by Crippen LogP contribution is -2.27. The number of carbonyl (C=O) groups excluding carboxylic acids is 1. The molecule has 5 heteroatoms. The van der Waals surface area contributed by atoms with Gasteiger partial charge in [0, 0.05) is 25.2 Å². The first-order chi connectivity index (χ1) is 11.6. The second-order valence-electron chi connectivity index (χ2n) is 5.45. The molecule has 0 saturated carbocycles. The van der Waals surface area contributed by atoms with Gasteiger partial charge in [0.2, 0.25) is 5.91 Å². The van der Waals surface area contributed by atoms with E-state index in [4.69, 9.17) is 14.2 Å². The number of rotatable bonds is 7. The Morgan fingerprint density at radius 3 is 2.12 bits per heavy atom. The molecule has 0 aliphatic heterocycles. The molecule has 0 fully saturated rings. The summed E-state index contributed by atoms with van der Waals surface area (Å²) in [4.78, 5) is 14.1. The highest BCUT2D eigenvalue weighted by Crippen LogP contribution is 2.25. The lowest BCUT2D eigenvalue weighted by molar-refractivity contribution is -0.129. The summed E-state index contributed by atoms with van der Waals surface area (Å²) in [5.74, 6) is 2.25. The Morgan fingerprint density at radius 1 is 0.917 bits per heavy atom. The molecule has 0 aliphatic carbocycles. The molecule has 0 spiro atoms. The highest BCUT2D eigenvalue weighted by atomic mass is 16.5. The van der Waals surface area contributed by atoms with Crippen LogP contribution in [-0.2, 0) is 17.8 Å². The monoisotopic (exact) mass is 329 g/mol. The van der Waals surface area contributed by atoms with Crippen LogP contribution >= 0.6 is 0 Å². The Morgan fingerprint density at radius 2 is 1.54 bits per heavy atom. The van der Waals surface area contributed by atoms with Gasteiger partial charge in [0.1, 0.15) is 17.2 Å². The standard InChI is InChI=1S/C19H23NO4/c1-20(13-15-7-10-17(23-3)12-18(15)24-4)19(21)11-14-5-8-16(22-2)9-6-14/h5-10,12H,11,13H2,1-4H3. The van der Waals surface area contributed by atoms with E-state index in [1.807, 2.05) is 42.5 Å². The molecule has 5 nitrogen and oxygen atoms in total. The van der Waals surface area contributed by atoms with Crippen LogP contribution in [0.25, 0.3) is 0 Å². The third-order valence-corrected chi connectivity index (χ3v) is 3.84. The van der Waals surface area contributed by atoms with Crippen LogP contribution in [0.3, 0.4) is 0 Å². The number of amides is 1. The minimum atomic E-state index is 0.0398. The van der Waals surface area contributed by atoms with Crippen molar-refractivity contribution in [1.29, 1.82) is 0 Å². The van der Waals surface area contributed by atoms with E-state index in [2.05, 4.69) is 0 Å². The van der Waals surface area contributed by atoms with Gasteiger partial charge in [0.05, 0.1) is 27.8 Å². The van der Waals surface area contributed by atoms with Crippen molar-refractivity contribution in [3.05, 3.63) is 53.6 Å². The minimum absolute atomic E-state index is 0.0398. The van der Waals surface area contributed by atoms with E-state index in [-0.39, 0.29) is 5.91 Å². The van der Waals surface area contributed by atoms with Crippen LogP contribution in [0.1, 0.15) is 11.1 Å². The molecule has 2 aromatic carbocycles. The van der Waals surface area contributed by atoms with E-state index in [0.717, 1.165) is 22.6 Å². The van der Waals surface area contributed by atoms with Gasteiger partial charge >= 0.3 is 0 Å². The summed E-state index contributed by atoms with van der Waals surface area (Å²) in [5, 5.41) is 0. The lowest BCUT2D eigenvalue weighted by Gasteiger charge is -2.19. The van der Waals surface area contributed by atoms with Crippen LogP contribution in [0.5, 0.6) is 17.2 Å². The third-order valence-electron chi connectivity index (χ3n) is 3.84. The average Bonchev–Trinajstić information content (AvgIpc) is 2.62. The van der Waals surface area contributed by atoms with Crippen LogP contribution in [0.2, 0.25) is 0 Å². The highest BCUT2D eigenvalue weighted by Gasteiger charge is 2.13. The van der Waals surface area contributed by atoms with Gasteiger partial charge in [-0.1, -0.05) is 12.1 Å². The van der Waals surface area contributed by atoms with Crippen molar-refractivity contribution in [1.82, 2.24) is 4.90 Å². The Balaban J connectivity index is 2.02. The Bertz CT molecular complexity index is 682. The largest absolute Gasteiger partial charge is 0.497 e. The predicted octanol–water partition coefficient (Wildman–Crippen LogP) is 2.91. The molecule has 0 N–H and O–H groups in total. The fraction of sp³-hybridized carbons (Fsp3) is 0.316. The zero-order valence-corrected chi connectivity index (χ0v) is 14.5. The van der Waals surface area contributed by atoms with E-state index >= 15 is 0 Å². The number of hydrogen-bond donors (Lipinski definition) is 0. The third kappa shape index (κ3) is 4.41. The fourth-order valence-electron chi connectivity index (χ4n) is 2.38. The second-order valence-corrected chi connectivity index (χ2v) is 5.45. The maximum Gasteiger partial charge on any atom is 0.227 e. The van der Waals surface area contributed by atoms with E-state index in [9.17, 15) is 4.79 Å². The quantitative estimate of drug-likeness (QED) is 0.784. The molecule has 0 unspecified atom stereocenters. The molecule has 0 atom stereocenters. The van der Waals surface area contributed by atoms with Crippen molar-refractivity contribution in [3.8, 4) is 17.2 Å². The van der Waals surface area contributed by atoms with Gasteiger partial charge in [-0.3, -0.25) is 4.79 Å². The molecule has 0 aromatic heterocycles. The smallest absolute Gasteiger partial charge is 0.227 e. The molecular weight excluding hydrogens is 306 g/mol. The normalized spacial score (nSPS) is 10.2. The molecule has 0 aliphatic rings. The number of benzene rings is 2. The summed E-state index contributed by atoms with van der Waals surface area (Å²) in [6.07, 6.45) is 0.346. The number of ether oxygens (including phenoxy) is 3. The van der Waals surface area contributed by atoms with Gasteiger partial charge in [-0.2, -0.15) is 0 Å². The molecule has 2 aromatic rings. The van der Waals surface area contributed by atoms with Crippen molar-refractivity contribution in [2.45, 2.75) is 13.0 Å². The van der Waals surface area contributed by atoms with Gasteiger partial charge in [-0.15, -0.1) is 0 Å². The maximum absolute atomic E-state index is 12.4. The molecule has 0 heterocycles. The number of carbonyl (C=O) groups is 1. The van der Waals surface area contributed by atoms with Crippen molar-refractivity contribution in [2.75, 3.05) is 28.4 Å². The molecule has 2 rings (SSSR count). The van der Waals surface area contributed by atoms with E-state index in [0.29, 0.717) is 18.7 Å². The first-order valence-electron chi connectivity index (χ1n) is 7.65. The summed E-state index contributed by atoms with van der Waals surface area (Å²) in [6, 6.07) is 13.1. The number of likely N-dealkylation sites (N-methyl/N-ethyl adjacent to an activating group) is 1. The number of nitrogens with zero attached hydrogens (tertiary/aromatic N) is 1. The Kier molecular flexibility index (Phi) is 6.07. The van der Waals surface area contributed by atoms with Crippen molar-refractivity contribution in [2.24, 2.45) is 0 Å². The Labute approximate surface area is 142 Å². The van der Waals surface area contributed by atoms with Crippen molar-refractivity contribution in [3.63, 3.8) is 0 Å². The van der Waals surface area contributed by atoms with Crippen molar-refractivity contribution < 1.29 is 19.0 Å². The van der Waals surface area contributed by atoms with Crippen LogP contribution in [0, 0.1) is 0 Å². The summed E-state index contributed by atoms with van der Waals surface area (Å²) < 4.78 is 15.7. The van der Waals surface area contributed by atoms with Crippen LogP contribution in [-0.4, -0.2) is 39.2 Å². The van der Waals surface area contributed by atoms with Gasteiger partial charge in [-0.05, 0) is 29.8 Å². The zero-order chi connectivity index (χ0) is 17.5. The average molecular weight is 329 g/mol. The van der Waals surface area contributed by atoms with Gasteiger partial charge in [0.25, 0.3) is 0 Å². The van der Waals surface area contributed by atoms with Gasteiger partial charge < -0.3 is 19.1 Å². The Hall–Kier alpha value is -2.69. The van der Waals surface area contributed by atoms with Crippen LogP contribution < -0.4 is 14.2 Å². The highest BCUT2D eigenvalue weighted by molar-refractivity contribution is 5.78. The summed E-state index contributed by atoms with van der Waals surface area (Å²) in [5.41, 5.74) is 1.89. The number of methoxy groups -OCH3 is 3. The first-order valence-corrected chi connectivity index (χ1v) is 7.65. The molecule has 0 radical (unpaired) electrons. The molecule has 0 bridgehead atoms. The van der Waals surface area contributed by atoms with Crippen LogP contribution in [0.4, 0.5) is 0 Å². The van der Waals surface area contributed by atoms with Gasteiger partial charge in [0.15, 0.2) is 0 Å². The summed E-state index contributed by atoms with van der Waals surface area (Å²) >= 11 is 0. The lowest BCUT2D eigenvalue weighted by atomic mass is 10.1. The molecule has 0 saturated heterocycles. The first kappa shape index (κ1) is 17.7. The zero-order valence-electron chi connectivity index (χ0n) is 14.5. The predicted molar refractivity (Wildman–Crippen MR) is 92.7 cm³/mol. The van der Waals surface area contributed by atoms with Crippen molar-refractivity contribution >= 4 is 5.91 Å². The second kappa shape index (κ2) is 8.24. The number of hydrogen-bond acceptors (Lipinski definition) is 4. The van der Waals surface area contributed by atoms with E-state index in [1.54, 1.807) is 33.3 Å². The maximum atomic E-state index is 12.4. The summed E-state index contributed by atoms with van der Waals surface area (Å²) in [6.45, 7) is 0.474. The van der Waals surface area contributed by atoms with Gasteiger partial charge in [-0.25, -0.2) is 0 Å². The fourth-order valence-corrected chi connectivity index (χ4v) is 2.38. The molecule has 128 valence electrons. The van der Waals surface area contributed by atoms with E-state index in [1.165, 1.54) is 0 Å². The topological polar surface area (TPSA) is 48.0 Å². The SMILES string of the molecule is COc1ccc(CC(=O)N(C)Cc2ccc(OC)cc2OC)cc1. The molecular formula is C19H23NO4. The summed E-state index contributed by atoms with van der Waals surface area (Å²) in [7, 11) is 6.63.